The minimum atomic E-state index is -0.754. The summed E-state index contributed by atoms with van der Waals surface area (Å²) >= 11 is 0. The Labute approximate surface area is 159 Å². The second kappa shape index (κ2) is 8.90. The van der Waals surface area contributed by atoms with E-state index in [0.29, 0.717) is 24.7 Å². The molecule has 0 radical (unpaired) electrons. The number of carbonyl (C=O) groups excluding carboxylic acids is 2. The van der Waals surface area contributed by atoms with Gasteiger partial charge in [0.05, 0.1) is 18.8 Å². The summed E-state index contributed by atoms with van der Waals surface area (Å²) in [6.07, 6.45) is 2.64. The second-order valence-electron chi connectivity index (χ2n) is 6.73. The van der Waals surface area contributed by atoms with Gasteiger partial charge in [-0.1, -0.05) is 31.7 Å². The fraction of sp³-hybridized carbons (Fsp3) is 0.500. The van der Waals surface area contributed by atoms with Crippen molar-refractivity contribution < 1.29 is 23.8 Å². The minimum Gasteiger partial charge on any atom is -0.493 e. The molecule has 0 aliphatic carbocycles. The quantitative estimate of drug-likeness (QED) is 0.717. The van der Waals surface area contributed by atoms with E-state index in [-0.39, 0.29) is 12.7 Å². The van der Waals surface area contributed by atoms with Gasteiger partial charge in [0.1, 0.15) is 18.3 Å². The van der Waals surface area contributed by atoms with Crippen molar-refractivity contribution >= 4 is 12.0 Å². The predicted molar refractivity (Wildman–Crippen MR) is 99.2 cm³/mol. The van der Waals surface area contributed by atoms with Gasteiger partial charge in [0, 0.05) is 17.9 Å². The Hall–Kier alpha value is -2.54. The lowest BCUT2D eigenvalue weighted by atomic mass is 9.88. The van der Waals surface area contributed by atoms with Crippen molar-refractivity contribution in [2.75, 3.05) is 19.8 Å². The highest BCUT2D eigenvalue weighted by Crippen LogP contribution is 2.35. The van der Waals surface area contributed by atoms with Gasteiger partial charge in [-0.05, 0) is 25.3 Å². The van der Waals surface area contributed by atoms with Crippen LogP contribution in [-0.4, -0.2) is 37.9 Å². The fourth-order valence-corrected chi connectivity index (χ4v) is 3.34. The van der Waals surface area contributed by atoms with Crippen LogP contribution in [0.4, 0.5) is 4.79 Å². The number of nitrogens with one attached hydrogen (secondary N) is 2. The van der Waals surface area contributed by atoms with Crippen LogP contribution in [-0.2, 0) is 14.3 Å². The van der Waals surface area contributed by atoms with Gasteiger partial charge >= 0.3 is 12.0 Å². The van der Waals surface area contributed by atoms with Gasteiger partial charge in [0.2, 0.25) is 0 Å². The van der Waals surface area contributed by atoms with Crippen LogP contribution < -0.4 is 15.4 Å². The highest BCUT2D eigenvalue weighted by atomic mass is 16.6. The third kappa shape index (κ3) is 4.60. The molecule has 2 amide bonds. The third-order valence-corrected chi connectivity index (χ3v) is 4.67. The van der Waals surface area contributed by atoms with Crippen molar-refractivity contribution in [3.05, 3.63) is 42.1 Å². The summed E-state index contributed by atoms with van der Waals surface area (Å²) < 4.78 is 16.8. The normalized spacial score (nSPS) is 24.9. The molecule has 3 atom stereocenters. The summed E-state index contributed by atoms with van der Waals surface area (Å²) in [5.41, 5.74) is 1.03. The molecular weight excluding hydrogens is 348 g/mol. The fourth-order valence-electron chi connectivity index (χ4n) is 3.34. The average Bonchev–Trinajstić information content (AvgIpc) is 3.17. The first-order chi connectivity index (χ1) is 13.1. The molecule has 2 N–H and O–H groups in total. The molecule has 7 heteroatoms. The van der Waals surface area contributed by atoms with Crippen LogP contribution >= 0.6 is 0 Å². The van der Waals surface area contributed by atoms with Crippen LogP contribution in [0.1, 0.15) is 37.8 Å². The Kier molecular flexibility index (Phi) is 6.34. The van der Waals surface area contributed by atoms with Crippen LogP contribution in [0, 0.1) is 5.92 Å². The second-order valence-corrected chi connectivity index (χ2v) is 6.73. The van der Waals surface area contributed by atoms with Gasteiger partial charge in [-0.3, -0.25) is 4.79 Å². The van der Waals surface area contributed by atoms with Gasteiger partial charge in [0.25, 0.3) is 0 Å². The van der Waals surface area contributed by atoms with Gasteiger partial charge in [-0.2, -0.15) is 0 Å². The van der Waals surface area contributed by atoms with E-state index in [2.05, 4.69) is 17.2 Å². The molecule has 2 aliphatic rings. The van der Waals surface area contributed by atoms with E-state index in [0.717, 1.165) is 24.8 Å². The lowest BCUT2D eigenvalue weighted by Crippen LogP contribution is -2.51. The summed E-state index contributed by atoms with van der Waals surface area (Å²) in [5, 5.41) is 5.40. The predicted octanol–water partition coefficient (Wildman–Crippen LogP) is 2.68. The van der Waals surface area contributed by atoms with E-state index >= 15 is 0 Å². The summed E-state index contributed by atoms with van der Waals surface area (Å²) in [6.45, 7) is 7.33. The van der Waals surface area contributed by atoms with Gasteiger partial charge < -0.3 is 24.8 Å². The maximum atomic E-state index is 12.8. The zero-order valence-corrected chi connectivity index (χ0v) is 15.5. The van der Waals surface area contributed by atoms with E-state index in [1.165, 1.54) is 0 Å². The van der Waals surface area contributed by atoms with E-state index in [4.69, 9.17) is 14.2 Å². The Morgan fingerprint density at radius 2 is 2.19 bits per heavy atom. The molecule has 27 heavy (non-hydrogen) atoms. The molecule has 0 unspecified atom stereocenters. The molecular formula is C20H26N2O5. The topological polar surface area (TPSA) is 85.9 Å². The number of carbonyl (C=O) groups is 2. The molecule has 0 aromatic heterocycles. The average molecular weight is 374 g/mol. The number of hydrogen-bond donors (Lipinski definition) is 2. The zero-order valence-electron chi connectivity index (χ0n) is 15.5. The molecule has 146 valence electrons. The number of rotatable bonds is 7. The van der Waals surface area contributed by atoms with Crippen molar-refractivity contribution in [3.63, 3.8) is 0 Å². The highest BCUT2D eigenvalue weighted by molar-refractivity contribution is 5.85. The summed E-state index contributed by atoms with van der Waals surface area (Å²) in [5.74, 6) is -0.565. The van der Waals surface area contributed by atoms with Crippen molar-refractivity contribution in [1.29, 1.82) is 0 Å². The highest BCUT2D eigenvalue weighted by Gasteiger charge is 2.40. The number of para-hydroxylation sites is 1. The van der Waals surface area contributed by atoms with Crippen molar-refractivity contribution in [3.8, 4) is 5.75 Å². The third-order valence-electron chi connectivity index (χ3n) is 4.67. The lowest BCUT2D eigenvalue weighted by Gasteiger charge is -2.34. The maximum Gasteiger partial charge on any atom is 0.319 e. The smallest absolute Gasteiger partial charge is 0.319 e. The van der Waals surface area contributed by atoms with E-state index in [1.54, 1.807) is 0 Å². The lowest BCUT2D eigenvalue weighted by molar-refractivity contribution is -0.151. The number of urea groups is 1. The number of benzene rings is 1. The number of esters is 1. The first-order valence-corrected chi connectivity index (χ1v) is 9.36. The van der Waals surface area contributed by atoms with E-state index in [9.17, 15) is 9.59 Å². The van der Waals surface area contributed by atoms with Gasteiger partial charge in [-0.25, -0.2) is 4.79 Å². The minimum absolute atomic E-state index is 0.0630. The van der Waals surface area contributed by atoms with Gasteiger partial charge in [-0.15, -0.1) is 0 Å². The number of ether oxygens (including phenoxy) is 3. The molecule has 0 saturated carbocycles. The number of amides is 2. The van der Waals surface area contributed by atoms with Gasteiger partial charge in [0.15, 0.2) is 0 Å². The Morgan fingerprint density at radius 3 is 2.93 bits per heavy atom. The molecule has 0 spiro atoms. The molecule has 2 saturated heterocycles. The maximum absolute atomic E-state index is 12.8. The van der Waals surface area contributed by atoms with Crippen molar-refractivity contribution in [2.24, 2.45) is 5.92 Å². The first kappa shape index (κ1) is 19.2. The summed E-state index contributed by atoms with van der Waals surface area (Å²) in [7, 11) is 0. The molecule has 3 rings (SSSR count). The summed E-state index contributed by atoms with van der Waals surface area (Å²) in [4.78, 5) is 24.8. The monoisotopic (exact) mass is 374 g/mol. The molecule has 1 aromatic carbocycles. The van der Waals surface area contributed by atoms with Crippen LogP contribution in [0.3, 0.4) is 0 Å². The zero-order chi connectivity index (χ0) is 19.2. The standard InChI is InChI=1S/C20H26N2O5/c1-3-10-26-16-9-5-4-8-15(16)18-17(13(2)21-20(24)22-18)19(23)27-12-14-7-6-11-25-14/h4-5,8-9,14,17-18H,2-3,6-7,10-12H2,1H3,(H2,21,22,24)/t14-,17-,18+/m1/s1. The van der Waals surface area contributed by atoms with Crippen LogP contribution in [0.5, 0.6) is 5.75 Å². The van der Waals surface area contributed by atoms with E-state index in [1.807, 2.05) is 31.2 Å². The van der Waals surface area contributed by atoms with Crippen molar-refractivity contribution in [2.45, 2.75) is 38.3 Å². The summed E-state index contributed by atoms with van der Waals surface area (Å²) in [6, 6.07) is 6.36. The molecule has 2 heterocycles. The van der Waals surface area contributed by atoms with Crippen LogP contribution in [0.2, 0.25) is 0 Å². The molecule has 7 nitrogen and oxygen atoms in total. The number of hydrogen-bond acceptors (Lipinski definition) is 5. The Bertz CT molecular complexity index is 699. The van der Waals surface area contributed by atoms with E-state index < -0.39 is 24.0 Å². The Morgan fingerprint density at radius 1 is 1.37 bits per heavy atom. The Balaban J connectivity index is 1.80. The van der Waals surface area contributed by atoms with Crippen LogP contribution in [0.25, 0.3) is 0 Å². The molecule has 0 bridgehead atoms. The van der Waals surface area contributed by atoms with Crippen molar-refractivity contribution in [1.82, 2.24) is 10.6 Å². The molecule has 2 aliphatic heterocycles. The molecule has 1 aromatic rings. The first-order valence-electron chi connectivity index (χ1n) is 9.36. The van der Waals surface area contributed by atoms with Crippen LogP contribution in [0.15, 0.2) is 36.5 Å². The largest absolute Gasteiger partial charge is 0.493 e. The SMILES string of the molecule is C=C1NC(=O)N[C@@H](c2ccccc2OCCC)[C@@H]1C(=O)OC[C@H]1CCCO1. The molecule has 2 fully saturated rings.